The Hall–Kier alpha value is -0.240. The molecule has 0 aliphatic carbocycles. The van der Waals surface area contributed by atoms with Gasteiger partial charge in [0, 0.05) is 63.9 Å². The quantitative estimate of drug-likeness (QED) is 0.333. The molecular weight excluding hydrogens is 354 g/mol. The van der Waals surface area contributed by atoms with Crippen molar-refractivity contribution in [1.29, 1.82) is 0 Å². The van der Waals surface area contributed by atoms with Crippen molar-refractivity contribution in [3.63, 3.8) is 0 Å². The summed E-state index contributed by atoms with van der Waals surface area (Å²) in [5, 5.41) is 3.44. The van der Waals surface area contributed by atoms with Crippen LogP contribution >= 0.6 is 25.3 Å². The zero-order chi connectivity index (χ0) is 18.5. The average Bonchev–Trinajstić information content (AvgIpc) is 2.58. The number of hydrogen-bond donors (Lipinski definition) is 3. The van der Waals surface area contributed by atoms with Crippen molar-refractivity contribution in [2.24, 2.45) is 0 Å². The Morgan fingerprint density at radius 1 is 1.00 bits per heavy atom. The number of ketones is 1. The summed E-state index contributed by atoms with van der Waals surface area (Å²) in [6.07, 6.45) is 5.34. The number of carbonyl (C=O) groups is 2. The van der Waals surface area contributed by atoms with Crippen LogP contribution in [0.3, 0.4) is 0 Å². The highest BCUT2D eigenvalue weighted by molar-refractivity contribution is 7.81. The Kier molecular flexibility index (Phi) is 12.7. The lowest BCUT2D eigenvalue weighted by atomic mass is 10.1. The van der Waals surface area contributed by atoms with Gasteiger partial charge in [0.2, 0.25) is 5.91 Å². The summed E-state index contributed by atoms with van der Waals surface area (Å²) in [6.45, 7) is 8.22. The molecule has 1 atom stereocenters. The normalized spacial score (nSPS) is 17.4. The summed E-state index contributed by atoms with van der Waals surface area (Å²) in [5.41, 5.74) is 0. The van der Waals surface area contributed by atoms with Crippen molar-refractivity contribution >= 4 is 36.9 Å². The minimum Gasteiger partial charge on any atom is -0.355 e. The smallest absolute Gasteiger partial charge is 0.220 e. The Bertz CT molecular complexity index is 389. The summed E-state index contributed by atoms with van der Waals surface area (Å²) < 4.78 is 0. The van der Waals surface area contributed by atoms with Crippen molar-refractivity contribution in [2.75, 3.05) is 51.6 Å². The summed E-state index contributed by atoms with van der Waals surface area (Å²) in [6, 6.07) is 0. The molecule has 1 fully saturated rings. The van der Waals surface area contributed by atoms with Gasteiger partial charge in [-0.05, 0) is 31.9 Å². The van der Waals surface area contributed by atoms with Crippen molar-refractivity contribution in [3.05, 3.63) is 0 Å². The van der Waals surface area contributed by atoms with Gasteiger partial charge in [-0.2, -0.15) is 25.3 Å². The van der Waals surface area contributed by atoms with Crippen molar-refractivity contribution in [2.45, 2.75) is 50.7 Å². The average molecular weight is 390 g/mol. The van der Waals surface area contributed by atoms with Gasteiger partial charge in [-0.15, -0.1) is 0 Å². The van der Waals surface area contributed by atoms with E-state index in [4.69, 9.17) is 0 Å². The highest BCUT2D eigenvalue weighted by Gasteiger charge is 2.16. The minimum atomic E-state index is 0.157. The van der Waals surface area contributed by atoms with Crippen LogP contribution in [-0.4, -0.2) is 78.3 Å². The van der Waals surface area contributed by atoms with Gasteiger partial charge in [-0.25, -0.2) is 0 Å². The van der Waals surface area contributed by atoms with Gasteiger partial charge in [0.25, 0.3) is 0 Å². The predicted octanol–water partition coefficient (Wildman–Crippen LogP) is 1.88. The first-order valence-electron chi connectivity index (χ1n) is 9.51. The molecule has 25 heavy (non-hydrogen) atoms. The maximum atomic E-state index is 11.9. The molecule has 1 aliphatic heterocycles. The van der Waals surface area contributed by atoms with Crippen LogP contribution < -0.4 is 5.32 Å². The molecule has 0 aromatic rings. The van der Waals surface area contributed by atoms with Crippen LogP contribution in [0.25, 0.3) is 0 Å². The van der Waals surface area contributed by atoms with Gasteiger partial charge >= 0.3 is 0 Å². The highest BCUT2D eigenvalue weighted by atomic mass is 32.1. The Balaban J connectivity index is 1.98. The fraction of sp³-hybridized carbons (Fsp3) is 0.889. The van der Waals surface area contributed by atoms with E-state index in [1.807, 2.05) is 0 Å². The zero-order valence-electron chi connectivity index (χ0n) is 15.6. The molecule has 0 aromatic heterocycles. The number of nitrogens with zero attached hydrogens (tertiary/aromatic N) is 2. The number of nitrogens with one attached hydrogen (secondary N) is 1. The summed E-state index contributed by atoms with van der Waals surface area (Å²) in [4.78, 5) is 27.6. The van der Waals surface area contributed by atoms with Gasteiger partial charge in [0.1, 0.15) is 5.78 Å². The molecule has 0 saturated carbocycles. The van der Waals surface area contributed by atoms with Gasteiger partial charge in [-0.1, -0.05) is 6.42 Å². The third kappa shape index (κ3) is 11.9. The lowest BCUT2D eigenvalue weighted by molar-refractivity contribution is -0.121. The van der Waals surface area contributed by atoms with E-state index >= 15 is 0 Å². The summed E-state index contributed by atoms with van der Waals surface area (Å²) in [7, 11) is 0. The van der Waals surface area contributed by atoms with E-state index in [-0.39, 0.29) is 11.7 Å². The maximum absolute atomic E-state index is 11.9. The summed E-state index contributed by atoms with van der Waals surface area (Å²) in [5.74, 6) is 1.29. The van der Waals surface area contributed by atoms with Gasteiger partial charge in [0.05, 0.1) is 0 Å². The van der Waals surface area contributed by atoms with Crippen molar-refractivity contribution in [3.8, 4) is 0 Å². The van der Waals surface area contributed by atoms with E-state index in [0.717, 1.165) is 77.2 Å². The molecule has 5 nitrogen and oxygen atoms in total. The van der Waals surface area contributed by atoms with E-state index in [1.54, 1.807) is 6.92 Å². The topological polar surface area (TPSA) is 52.7 Å². The molecule has 1 unspecified atom stereocenters. The fourth-order valence-corrected chi connectivity index (χ4v) is 3.78. The van der Waals surface area contributed by atoms with E-state index < -0.39 is 0 Å². The van der Waals surface area contributed by atoms with E-state index in [2.05, 4.69) is 40.4 Å². The Labute approximate surface area is 164 Å². The molecular formula is C18H35N3O2S2. The van der Waals surface area contributed by atoms with E-state index in [0.29, 0.717) is 18.1 Å². The molecule has 0 radical (unpaired) electrons. The van der Waals surface area contributed by atoms with Crippen LogP contribution in [0.5, 0.6) is 0 Å². The van der Waals surface area contributed by atoms with Crippen LogP contribution in [0.15, 0.2) is 0 Å². The lowest BCUT2D eigenvalue weighted by Crippen LogP contribution is -2.48. The van der Waals surface area contributed by atoms with Crippen LogP contribution in [0.1, 0.15) is 45.4 Å². The fourth-order valence-electron chi connectivity index (χ4n) is 2.95. The number of unbranched alkanes of at least 4 members (excludes halogenated alkanes) is 1. The Morgan fingerprint density at radius 2 is 1.64 bits per heavy atom. The number of amides is 1. The molecule has 1 rings (SSSR count). The second-order valence-corrected chi connectivity index (χ2v) is 8.07. The molecule has 1 amide bonds. The molecule has 1 heterocycles. The van der Waals surface area contributed by atoms with Gasteiger partial charge in [-0.3, -0.25) is 14.5 Å². The van der Waals surface area contributed by atoms with Crippen molar-refractivity contribution < 1.29 is 9.59 Å². The molecule has 1 saturated heterocycles. The number of piperazine rings is 1. The highest BCUT2D eigenvalue weighted by Crippen LogP contribution is 2.12. The third-order valence-corrected chi connectivity index (χ3v) is 5.42. The molecule has 1 N–H and O–H groups in total. The number of hydrogen-bond acceptors (Lipinski definition) is 6. The van der Waals surface area contributed by atoms with Crippen LogP contribution in [0.4, 0.5) is 0 Å². The predicted molar refractivity (Wildman–Crippen MR) is 111 cm³/mol. The molecule has 7 heteroatoms. The Morgan fingerprint density at radius 3 is 2.24 bits per heavy atom. The molecule has 0 bridgehead atoms. The minimum absolute atomic E-state index is 0.157. The van der Waals surface area contributed by atoms with Crippen molar-refractivity contribution in [1.82, 2.24) is 15.1 Å². The number of Topliss-reactive ketones (excluding diaryl/α,β-unsaturated/α-hetero) is 1. The number of thiol groups is 2. The van der Waals surface area contributed by atoms with Crippen LogP contribution in [-0.2, 0) is 9.59 Å². The van der Waals surface area contributed by atoms with Crippen LogP contribution in [0.2, 0.25) is 0 Å². The summed E-state index contributed by atoms with van der Waals surface area (Å²) >= 11 is 8.71. The molecule has 146 valence electrons. The molecule has 1 aliphatic rings. The second kappa shape index (κ2) is 13.9. The van der Waals surface area contributed by atoms with E-state index in [1.165, 1.54) is 0 Å². The third-order valence-electron chi connectivity index (χ3n) is 4.65. The van der Waals surface area contributed by atoms with Gasteiger partial charge < -0.3 is 10.2 Å². The SMILES string of the molecule is CC(=O)CCN1CCN(CCNC(=O)CCCCC(S)CCS)CC1. The van der Waals surface area contributed by atoms with E-state index in [9.17, 15) is 9.59 Å². The lowest BCUT2D eigenvalue weighted by Gasteiger charge is -2.34. The zero-order valence-corrected chi connectivity index (χ0v) is 17.4. The van der Waals surface area contributed by atoms with Gasteiger partial charge in [0.15, 0.2) is 0 Å². The molecule has 0 spiro atoms. The number of rotatable bonds is 13. The standard InChI is InChI=1S/C18H35N3O2S2/c1-16(22)6-9-20-11-13-21(14-12-20)10-8-19-18(23)5-3-2-4-17(25)7-15-24/h17,24-25H,2-15H2,1H3,(H,19,23). The second-order valence-electron chi connectivity index (χ2n) is 6.90. The monoisotopic (exact) mass is 389 g/mol. The number of carbonyl (C=O) groups excluding carboxylic acids is 2. The van der Waals surface area contributed by atoms with Crippen LogP contribution in [0, 0.1) is 0 Å². The first kappa shape index (κ1) is 22.8. The first-order valence-corrected chi connectivity index (χ1v) is 10.7. The largest absolute Gasteiger partial charge is 0.355 e. The first-order chi connectivity index (χ1) is 12.0. The molecule has 0 aromatic carbocycles. The maximum Gasteiger partial charge on any atom is 0.220 e.